The number of nitrogens with one attached hydrogen (secondary N) is 1. The van der Waals surface area contributed by atoms with Crippen LogP contribution in [0.3, 0.4) is 0 Å². The Hall–Kier alpha value is -3.08. The van der Waals surface area contributed by atoms with Gasteiger partial charge in [-0.3, -0.25) is 9.78 Å². The van der Waals surface area contributed by atoms with Crippen LogP contribution in [0.2, 0.25) is 0 Å². The van der Waals surface area contributed by atoms with Crippen LogP contribution in [-0.2, 0) is 17.8 Å². The molecular formula is C19H18N2O3. The van der Waals surface area contributed by atoms with E-state index in [0.717, 1.165) is 27.9 Å². The van der Waals surface area contributed by atoms with Crippen molar-refractivity contribution in [1.82, 2.24) is 4.98 Å². The first kappa shape index (κ1) is 15.8. The summed E-state index contributed by atoms with van der Waals surface area (Å²) in [6, 6.07) is 17.3. The van der Waals surface area contributed by atoms with Gasteiger partial charge in [0, 0.05) is 17.6 Å². The van der Waals surface area contributed by atoms with Gasteiger partial charge in [-0.25, -0.2) is 0 Å². The average molecular weight is 322 g/mol. The predicted octanol–water partition coefficient (Wildman–Crippen LogP) is 3.48. The molecule has 0 bridgehead atoms. The second-order valence-electron chi connectivity index (χ2n) is 5.45. The van der Waals surface area contributed by atoms with E-state index in [4.69, 9.17) is 9.84 Å². The van der Waals surface area contributed by atoms with E-state index in [9.17, 15) is 4.79 Å². The normalized spacial score (nSPS) is 10.5. The van der Waals surface area contributed by atoms with Crippen molar-refractivity contribution in [1.29, 1.82) is 0 Å². The molecule has 1 heterocycles. The highest BCUT2D eigenvalue weighted by atomic mass is 16.5. The third-order valence-electron chi connectivity index (χ3n) is 3.74. The summed E-state index contributed by atoms with van der Waals surface area (Å²) in [5.41, 5.74) is 3.32. The van der Waals surface area contributed by atoms with Crippen LogP contribution in [0.1, 0.15) is 11.3 Å². The van der Waals surface area contributed by atoms with E-state index in [1.807, 2.05) is 48.5 Å². The summed E-state index contributed by atoms with van der Waals surface area (Å²) >= 11 is 0. The molecule has 3 aromatic rings. The highest BCUT2D eigenvalue weighted by molar-refractivity contribution is 5.91. The number of rotatable bonds is 6. The van der Waals surface area contributed by atoms with Crippen LogP contribution >= 0.6 is 0 Å². The number of pyridine rings is 1. The zero-order valence-electron chi connectivity index (χ0n) is 13.3. The number of para-hydroxylation sites is 1. The van der Waals surface area contributed by atoms with Crippen molar-refractivity contribution in [2.75, 3.05) is 12.4 Å². The summed E-state index contributed by atoms with van der Waals surface area (Å²) in [7, 11) is 1.64. The topological polar surface area (TPSA) is 71.5 Å². The van der Waals surface area contributed by atoms with Crippen LogP contribution in [0.5, 0.6) is 5.75 Å². The van der Waals surface area contributed by atoms with E-state index in [0.29, 0.717) is 12.2 Å². The maximum absolute atomic E-state index is 11.0. The van der Waals surface area contributed by atoms with Crippen molar-refractivity contribution in [2.45, 2.75) is 13.0 Å². The van der Waals surface area contributed by atoms with E-state index in [-0.39, 0.29) is 6.42 Å². The molecule has 5 nitrogen and oxygen atoms in total. The molecule has 3 rings (SSSR count). The van der Waals surface area contributed by atoms with E-state index in [1.165, 1.54) is 0 Å². The van der Waals surface area contributed by atoms with Crippen LogP contribution < -0.4 is 10.1 Å². The second kappa shape index (κ2) is 7.00. The Bertz CT molecular complexity index is 860. The Morgan fingerprint density at radius 2 is 1.92 bits per heavy atom. The molecule has 0 saturated carbocycles. The largest absolute Gasteiger partial charge is 0.497 e. The summed E-state index contributed by atoms with van der Waals surface area (Å²) in [6.07, 6.45) is -0.0952. The van der Waals surface area contributed by atoms with E-state index in [2.05, 4.69) is 10.3 Å². The lowest BCUT2D eigenvalue weighted by Gasteiger charge is -2.12. The van der Waals surface area contributed by atoms with Gasteiger partial charge in [0.1, 0.15) is 5.75 Å². The van der Waals surface area contributed by atoms with E-state index < -0.39 is 5.97 Å². The summed E-state index contributed by atoms with van der Waals surface area (Å²) in [6.45, 7) is 0.629. The molecule has 0 aliphatic rings. The molecule has 0 fully saturated rings. The molecule has 0 aliphatic heterocycles. The highest BCUT2D eigenvalue weighted by Gasteiger charge is 2.08. The summed E-state index contributed by atoms with van der Waals surface area (Å²) in [5.74, 6) is -0.0734. The van der Waals surface area contributed by atoms with Gasteiger partial charge >= 0.3 is 5.97 Å². The van der Waals surface area contributed by atoms with Crippen LogP contribution in [0.15, 0.2) is 54.6 Å². The SMILES string of the molecule is COc1ccc(CNc2cc(CC(=O)O)nc3ccccc23)cc1. The Labute approximate surface area is 139 Å². The maximum Gasteiger partial charge on any atom is 0.309 e. The molecule has 0 radical (unpaired) electrons. The number of aromatic nitrogens is 1. The summed E-state index contributed by atoms with van der Waals surface area (Å²) < 4.78 is 5.16. The molecule has 2 N–H and O–H groups in total. The van der Waals surface area contributed by atoms with Gasteiger partial charge in [-0.1, -0.05) is 30.3 Å². The smallest absolute Gasteiger partial charge is 0.309 e. The zero-order valence-corrected chi connectivity index (χ0v) is 13.3. The summed E-state index contributed by atoms with van der Waals surface area (Å²) in [5, 5.41) is 13.4. The predicted molar refractivity (Wildman–Crippen MR) is 93.4 cm³/mol. The van der Waals surface area contributed by atoms with E-state index >= 15 is 0 Å². The minimum Gasteiger partial charge on any atom is -0.497 e. The molecule has 5 heteroatoms. The standard InChI is InChI=1S/C19H18N2O3/c1-24-15-8-6-13(7-9-15)12-20-18-10-14(11-19(22)23)21-17-5-3-2-4-16(17)18/h2-10H,11-12H2,1H3,(H,20,21)(H,22,23). The van der Waals surface area contributed by atoms with Crippen LogP contribution in [0.25, 0.3) is 10.9 Å². The minimum absolute atomic E-state index is 0.0952. The fourth-order valence-corrected chi connectivity index (χ4v) is 2.56. The molecule has 0 spiro atoms. The Kier molecular flexibility index (Phi) is 4.61. The molecule has 2 aromatic carbocycles. The molecule has 0 saturated heterocycles. The molecule has 1 aromatic heterocycles. The number of ether oxygens (including phenoxy) is 1. The highest BCUT2D eigenvalue weighted by Crippen LogP contribution is 2.24. The number of anilines is 1. The number of benzene rings is 2. The Morgan fingerprint density at radius 1 is 1.17 bits per heavy atom. The number of carbonyl (C=O) groups is 1. The van der Waals surface area contributed by atoms with Gasteiger partial charge in [-0.2, -0.15) is 0 Å². The van der Waals surface area contributed by atoms with Crippen molar-refractivity contribution >= 4 is 22.6 Å². The number of fused-ring (bicyclic) bond motifs is 1. The van der Waals surface area contributed by atoms with Crippen molar-refractivity contribution in [2.24, 2.45) is 0 Å². The van der Waals surface area contributed by atoms with Gasteiger partial charge in [0.2, 0.25) is 0 Å². The fraction of sp³-hybridized carbons (Fsp3) is 0.158. The molecule has 0 amide bonds. The summed E-state index contributed by atoms with van der Waals surface area (Å²) in [4.78, 5) is 15.4. The third kappa shape index (κ3) is 3.63. The lowest BCUT2D eigenvalue weighted by molar-refractivity contribution is -0.136. The van der Waals surface area contributed by atoms with Crippen molar-refractivity contribution in [3.8, 4) is 5.75 Å². The third-order valence-corrected chi connectivity index (χ3v) is 3.74. The zero-order chi connectivity index (χ0) is 16.9. The number of carboxylic acid groups (broad SMARTS) is 1. The van der Waals surface area contributed by atoms with Gasteiger partial charge < -0.3 is 15.2 Å². The first-order valence-electron chi connectivity index (χ1n) is 7.63. The van der Waals surface area contributed by atoms with Gasteiger partial charge in [0.25, 0.3) is 0 Å². The number of hydrogen-bond acceptors (Lipinski definition) is 4. The first-order chi connectivity index (χ1) is 11.7. The Morgan fingerprint density at radius 3 is 2.62 bits per heavy atom. The first-order valence-corrected chi connectivity index (χ1v) is 7.63. The van der Waals surface area contributed by atoms with Crippen LogP contribution in [0.4, 0.5) is 5.69 Å². The van der Waals surface area contributed by atoms with Crippen molar-refractivity contribution in [3.63, 3.8) is 0 Å². The van der Waals surface area contributed by atoms with Crippen LogP contribution in [0, 0.1) is 0 Å². The van der Waals surface area contributed by atoms with Gasteiger partial charge in [0.15, 0.2) is 0 Å². The van der Waals surface area contributed by atoms with Gasteiger partial charge in [0.05, 0.1) is 24.7 Å². The van der Waals surface area contributed by atoms with Crippen molar-refractivity contribution in [3.05, 3.63) is 65.9 Å². The van der Waals surface area contributed by atoms with Gasteiger partial charge in [-0.15, -0.1) is 0 Å². The Balaban J connectivity index is 1.87. The number of carboxylic acids is 1. The monoisotopic (exact) mass is 322 g/mol. The quantitative estimate of drug-likeness (QED) is 0.727. The second-order valence-corrected chi connectivity index (χ2v) is 5.45. The number of nitrogens with zero attached hydrogens (tertiary/aromatic N) is 1. The minimum atomic E-state index is -0.890. The van der Waals surface area contributed by atoms with Crippen LogP contribution in [-0.4, -0.2) is 23.2 Å². The van der Waals surface area contributed by atoms with E-state index in [1.54, 1.807) is 13.2 Å². The number of aliphatic carboxylic acids is 1. The molecule has 0 unspecified atom stereocenters. The molecule has 0 atom stereocenters. The molecule has 24 heavy (non-hydrogen) atoms. The molecular weight excluding hydrogens is 304 g/mol. The van der Waals surface area contributed by atoms with Gasteiger partial charge in [-0.05, 0) is 29.8 Å². The number of hydrogen-bond donors (Lipinski definition) is 2. The lowest BCUT2D eigenvalue weighted by atomic mass is 10.1. The average Bonchev–Trinajstić information content (AvgIpc) is 2.59. The van der Waals surface area contributed by atoms with Crippen molar-refractivity contribution < 1.29 is 14.6 Å². The lowest BCUT2D eigenvalue weighted by Crippen LogP contribution is -2.05. The molecule has 0 aliphatic carbocycles. The number of methoxy groups -OCH3 is 1. The molecule has 122 valence electrons. The maximum atomic E-state index is 11.0. The fourth-order valence-electron chi connectivity index (χ4n) is 2.56.